The number of aliphatic hydroxyl groups is 1. The van der Waals surface area contributed by atoms with Crippen LogP contribution in [-0.2, 0) is 16.6 Å². The molecule has 0 aromatic heterocycles. The molecule has 2 fully saturated rings. The average Bonchev–Trinajstić information content (AvgIpc) is 2.80. The number of nitrogens with one attached hydrogen (secondary N) is 1. The van der Waals surface area contributed by atoms with Gasteiger partial charge in [-0.05, 0) is 37.4 Å². The minimum absolute atomic E-state index is 0.0452. The van der Waals surface area contributed by atoms with Gasteiger partial charge in [0.15, 0.2) is 23.4 Å². The lowest BCUT2D eigenvalue weighted by Crippen LogP contribution is -2.76. The van der Waals surface area contributed by atoms with Gasteiger partial charge >= 0.3 is 0 Å². The summed E-state index contributed by atoms with van der Waals surface area (Å²) in [4.78, 5) is 12.4. The van der Waals surface area contributed by atoms with Gasteiger partial charge in [0.1, 0.15) is 0 Å². The van der Waals surface area contributed by atoms with Gasteiger partial charge in [-0.2, -0.15) is 0 Å². The standard InChI is InChI=1S/C16H17NO4/c18-9-2-1-8-7-11-16(20)4-3-10(19)14-15(16,5-6-17-11)12(8)13(9)21-14/h1-2,11,14,17-18,20H,3-7H2. The lowest BCUT2D eigenvalue weighted by molar-refractivity contribution is -0.166. The Morgan fingerprint density at radius 2 is 2.19 bits per heavy atom. The van der Waals surface area contributed by atoms with E-state index in [2.05, 4.69) is 5.32 Å². The SMILES string of the molecule is O=C1CCC2(O)C3Cc4ccc(O)c5c4C2(CCN3)C1O5. The van der Waals surface area contributed by atoms with E-state index in [-0.39, 0.29) is 17.6 Å². The zero-order valence-electron chi connectivity index (χ0n) is 11.6. The molecule has 0 radical (unpaired) electrons. The number of carbonyl (C=O) groups is 1. The normalized spacial score (nSPS) is 42.4. The molecule has 5 rings (SSSR count). The van der Waals surface area contributed by atoms with Crippen molar-refractivity contribution in [3.63, 3.8) is 0 Å². The summed E-state index contributed by atoms with van der Waals surface area (Å²) in [5, 5.41) is 25.0. The first kappa shape index (κ1) is 12.0. The second-order valence-electron chi connectivity index (χ2n) is 6.77. The quantitative estimate of drug-likeness (QED) is 0.644. The van der Waals surface area contributed by atoms with Crippen LogP contribution in [0.4, 0.5) is 0 Å². The maximum atomic E-state index is 12.4. The Hall–Kier alpha value is -1.59. The molecule has 1 saturated heterocycles. The highest BCUT2D eigenvalue weighted by molar-refractivity contribution is 5.90. The molecule has 5 heteroatoms. The van der Waals surface area contributed by atoms with Crippen molar-refractivity contribution in [3.05, 3.63) is 23.3 Å². The first-order chi connectivity index (χ1) is 10.1. The molecule has 3 N–H and O–H groups in total. The maximum absolute atomic E-state index is 12.4. The topological polar surface area (TPSA) is 78.8 Å². The Labute approximate surface area is 121 Å². The van der Waals surface area contributed by atoms with Gasteiger partial charge in [0.25, 0.3) is 0 Å². The summed E-state index contributed by atoms with van der Waals surface area (Å²) in [5.41, 5.74) is 0.332. The first-order valence-electron chi connectivity index (χ1n) is 7.58. The molecule has 2 bridgehead atoms. The van der Waals surface area contributed by atoms with Crippen LogP contribution < -0.4 is 10.1 Å². The molecule has 21 heavy (non-hydrogen) atoms. The van der Waals surface area contributed by atoms with Crippen molar-refractivity contribution in [2.24, 2.45) is 0 Å². The van der Waals surface area contributed by atoms with Crippen LogP contribution in [0.15, 0.2) is 12.1 Å². The zero-order valence-corrected chi connectivity index (χ0v) is 11.6. The van der Waals surface area contributed by atoms with Crippen LogP contribution in [0, 0.1) is 0 Å². The highest BCUT2D eigenvalue weighted by Crippen LogP contribution is 2.63. The van der Waals surface area contributed by atoms with E-state index in [1.54, 1.807) is 6.07 Å². The lowest BCUT2D eigenvalue weighted by Gasteiger charge is -2.59. The van der Waals surface area contributed by atoms with E-state index in [9.17, 15) is 15.0 Å². The van der Waals surface area contributed by atoms with E-state index < -0.39 is 17.1 Å². The number of hydrogen-bond donors (Lipinski definition) is 3. The second kappa shape index (κ2) is 3.42. The van der Waals surface area contributed by atoms with Crippen molar-refractivity contribution in [1.82, 2.24) is 5.32 Å². The number of ketones is 1. The van der Waals surface area contributed by atoms with E-state index in [0.29, 0.717) is 31.4 Å². The van der Waals surface area contributed by atoms with Gasteiger partial charge in [-0.3, -0.25) is 4.79 Å². The van der Waals surface area contributed by atoms with Crippen LogP contribution in [0.3, 0.4) is 0 Å². The molecule has 4 aliphatic rings. The molecule has 1 spiro atoms. The summed E-state index contributed by atoms with van der Waals surface area (Å²) < 4.78 is 5.90. The van der Waals surface area contributed by atoms with Crippen molar-refractivity contribution in [3.8, 4) is 11.5 Å². The molecule has 5 nitrogen and oxygen atoms in total. The predicted octanol–water partition coefficient (Wildman–Crippen LogP) is 0.403. The number of hydrogen-bond acceptors (Lipinski definition) is 5. The Morgan fingerprint density at radius 3 is 3.05 bits per heavy atom. The van der Waals surface area contributed by atoms with E-state index in [1.165, 1.54) is 0 Å². The largest absolute Gasteiger partial charge is 0.504 e. The molecule has 2 aliphatic heterocycles. The third-order valence-electron chi connectivity index (χ3n) is 6.08. The van der Waals surface area contributed by atoms with Gasteiger partial charge < -0.3 is 20.3 Å². The van der Waals surface area contributed by atoms with Crippen LogP contribution in [-0.4, -0.2) is 40.3 Å². The van der Waals surface area contributed by atoms with Crippen LogP contribution in [0.2, 0.25) is 0 Å². The Balaban J connectivity index is 1.89. The Morgan fingerprint density at radius 1 is 1.33 bits per heavy atom. The summed E-state index contributed by atoms with van der Waals surface area (Å²) in [7, 11) is 0. The molecule has 4 atom stereocenters. The average molecular weight is 287 g/mol. The van der Waals surface area contributed by atoms with Crippen LogP contribution in [0.5, 0.6) is 11.5 Å². The predicted molar refractivity (Wildman–Crippen MR) is 73.5 cm³/mol. The summed E-state index contributed by atoms with van der Waals surface area (Å²) in [6.07, 6.45) is 1.54. The molecule has 110 valence electrons. The fraction of sp³-hybridized carbons (Fsp3) is 0.562. The van der Waals surface area contributed by atoms with Crippen molar-refractivity contribution in [2.75, 3.05) is 6.54 Å². The van der Waals surface area contributed by atoms with E-state index >= 15 is 0 Å². The third-order valence-corrected chi connectivity index (χ3v) is 6.08. The number of carbonyl (C=O) groups excluding carboxylic acids is 1. The molecule has 2 aliphatic carbocycles. The summed E-state index contributed by atoms with van der Waals surface area (Å²) in [5.74, 6) is 0.542. The minimum Gasteiger partial charge on any atom is -0.504 e. The fourth-order valence-corrected chi connectivity index (χ4v) is 5.22. The van der Waals surface area contributed by atoms with E-state index in [4.69, 9.17) is 4.74 Å². The highest BCUT2D eigenvalue weighted by Gasteiger charge is 2.71. The molecule has 1 aromatic rings. The fourth-order valence-electron chi connectivity index (χ4n) is 5.22. The van der Waals surface area contributed by atoms with Gasteiger partial charge in [0, 0.05) is 18.0 Å². The molecular weight excluding hydrogens is 270 g/mol. The number of aromatic hydroxyl groups is 1. The molecular formula is C16H17NO4. The van der Waals surface area contributed by atoms with E-state index in [1.807, 2.05) is 6.07 Å². The van der Waals surface area contributed by atoms with Gasteiger partial charge in [-0.1, -0.05) is 6.07 Å². The number of phenolic OH excluding ortho intramolecular Hbond substituents is 1. The molecule has 0 amide bonds. The van der Waals surface area contributed by atoms with Crippen molar-refractivity contribution >= 4 is 5.78 Å². The van der Waals surface area contributed by atoms with Crippen LogP contribution in [0.25, 0.3) is 0 Å². The third kappa shape index (κ3) is 1.09. The Bertz CT molecular complexity index is 687. The first-order valence-corrected chi connectivity index (χ1v) is 7.58. The number of benzene rings is 1. The van der Waals surface area contributed by atoms with Gasteiger partial charge in [-0.25, -0.2) is 0 Å². The zero-order chi connectivity index (χ0) is 14.4. The Kier molecular flexibility index (Phi) is 1.95. The van der Waals surface area contributed by atoms with Crippen LogP contribution >= 0.6 is 0 Å². The maximum Gasteiger partial charge on any atom is 0.174 e. The van der Waals surface area contributed by atoms with Crippen molar-refractivity contribution in [1.29, 1.82) is 0 Å². The summed E-state index contributed by atoms with van der Waals surface area (Å²) in [6.45, 7) is 0.759. The monoisotopic (exact) mass is 287 g/mol. The van der Waals surface area contributed by atoms with Crippen LogP contribution in [0.1, 0.15) is 30.4 Å². The molecule has 1 saturated carbocycles. The summed E-state index contributed by atoms with van der Waals surface area (Å²) >= 11 is 0. The van der Waals surface area contributed by atoms with Gasteiger partial charge in [0.2, 0.25) is 0 Å². The number of rotatable bonds is 0. The summed E-state index contributed by atoms with van der Waals surface area (Å²) in [6, 6.07) is 3.49. The molecule has 2 heterocycles. The van der Waals surface area contributed by atoms with E-state index in [0.717, 1.165) is 17.7 Å². The number of piperidine rings is 1. The number of phenols is 1. The molecule has 1 aromatic carbocycles. The van der Waals surface area contributed by atoms with Gasteiger partial charge in [0.05, 0.1) is 11.0 Å². The number of Topliss-reactive ketones (excluding diaryl/α,β-unsaturated/α-hetero) is 1. The number of ether oxygens (including phenoxy) is 1. The minimum atomic E-state index is -0.962. The smallest absolute Gasteiger partial charge is 0.174 e. The second-order valence-corrected chi connectivity index (χ2v) is 6.77. The van der Waals surface area contributed by atoms with Crippen molar-refractivity contribution < 1.29 is 19.7 Å². The highest BCUT2D eigenvalue weighted by atomic mass is 16.5. The van der Waals surface area contributed by atoms with Crippen molar-refractivity contribution in [2.45, 2.75) is 48.8 Å². The molecule has 4 unspecified atom stereocenters. The lowest BCUT2D eigenvalue weighted by atomic mass is 9.49. The van der Waals surface area contributed by atoms with Gasteiger partial charge in [-0.15, -0.1) is 0 Å².